The second-order valence-corrected chi connectivity index (χ2v) is 7.63. The molecule has 0 aliphatic heterocycles. The van der Waals surface area contributed by atoms with Gasteiger partial charge in [0.1, 0.15) is 5.82 Å². The van der Waals surface area contributed by atoms with Crippen LogP contribution in [-0.2, 0) is 19.4 Å². The van der Waals surface area contributed by atoms with Crippen molar-refractivity contribution in [2.75, 3.05) is 6.54 Å². The Morgan fingerprint density at radius 3 is 2.43 bits per heavy atom. The predicted molar refractivity (Wildman–Crippen MR) is 122 cm³/mol. The average molecular weight is 398 g/mol. The van der Waals surface area contributed by atoms with Crippen LogP contribution in [0.1, 0.15) is 33.7 Å². The molecule has 152 valence electrons. The third-order valence-corrected chi connectivity index (χ3v) is 5.37. The first-order chi connectivity index (χ1) is 14.7. The van der Waals surface area contributed by atoms with Crippen molar-refractivity contribution in [3.63, 3.8) is 0 Å². The number of hydrogen-bond acceptors (Lipinski definition) is 2. The van der Waals surface area contributed by atoms with Crippen LogP contribution < -0.4 is 5.32 Å². The van der Waals surface area contributed by atoms with Gasteiger partial charge in [0.25, 0.3) is 5.91 Å². The van der Waals surface area contributed by atoms with Gasteiger partial charge >= 0.3 is 0 Å². The largest absolute Gasteiger partial charge is 0.352 e. The van der Waals surface area contributed by atoms with E-state index in [9.17, 15) is 4.79 Å². The van der Waals surface area contributed by atoms with Gasteiger partial charge in [-0.1, -0.05) is 60.2 Å². The highest BCUT2D eigenvalue weighted by Gasteiger charge is 2.11. The Kier molecular flexibility index (Phi) is 6.23. The van der Waals surface area contributed by atoms with Gasteiger partial charge in [-0.2, -0.15) is 0 Å². The summed E-state index contributed by atoms with van der Waals surface area (Å²) in [4.78, 5) is 17.2. The Morgan fingerprint density at radius 1 is 0.900 bits per heavy atom. The van der Waals surface area contributed by atoms with Gasteiger partial charge in [0.2, 0.25) is 0 Å². The minimum absolute atomic E-state index is 0.0401. The summed E-state index contributed by atoms with van der Waals surface area (Å²) in [6.45, 7) is 3.50. The van der Waals surface area contributed by atoms with E-state index in [1.54, 1.807) is 0 Å². The molecular formula is C26H27N3O. The summed E-state index contributed by atoms with van der Waals surface area (Å²) in [6, 6.07) is 26.5. The zero-order valence-corrected chi connectivity index (χ0v) is 17.3. The Labute approximate surface area is 177 Å². The number of amides is 1. The lowest BCUT2D eigenvalue weighted by Gasteiger charge is -2.10. The third kappa shape index (κ3) is 4.77. The molecule has 0 radical (unpaired) electrons. The van der Waals surface area contributed by atoms with E-state index in [2.05, 4.69) is 58.4 Å². The molecule has 1 heterocycles. The minimum Gasteiger partial charge on any atom is -0.352 e. The summed E-state index contributed by atoms with van der Waals surface area (Å²) >= 11 is 0. The smallest absolute Gasteiger partial charge is 0.251 e. The van der Waals surface area contributed by atoms with Crippen LogP contribution in [0.5, 0.6) is 0 Å². The van der Waals surface area contributed by atoms with Crippen LogP contribution in [0.25, 0.3) is 11.0 Å². The van der Waals surface area contributed by atoms with E-state index in [1.165, 1.54) is 5.56 Å². The van der Waals surface area contributed by atoms with Crippen molar-refractivity contribution < 1.29 is 4.79 Å². The van der Waals surface area contributed by atoms with Crippen molar-refractivity contribution in [1.82, 2.24) is 14.9 Å². The summed E-state index contributed by atoms with van der Waals surface area (Å²) < 4.78 is 2.30. The number of imidazole rings is 1. The lowest BCUT2D eigenvalue weighted by molar-refractivity contribution is 0.0954. The zero-order chi connectivity index (χ0) is 20.8. The third-order valence-electron chi connectivity index (χ3n) is 5.37. The molecule has 4 rings (SSSR count). The second-order valence-electron chi connectivity index (χ2n) is 7.63. The maximum Gasteiger partial charge on any atom is 0.251 e. The first-order valence-corrected chi connectivity index (χ1v) is 10.5. The normalized spacial score (nSPS) is 11.0. The van der Waals surface area contributed by atoms with Crippen molar-refractivity contribution in [3.8, 4) is 0 Å². The van der Waals surface area contributed by atoms with Gasteiger partial charge in [-0.25, -0.2) is 4.98 Å². The van der Waals surface area contributed by atoms with Gasteiger partial charge in [0, 0.05) is 25.1 Å². The number of nitrogens with one attached hydrogen (secondary N) is 1. The van der Waals surface area contributed by atoms with Crippen molar-refractivity contribution in [3.05, 3.63) is 101 Å². The number of hydrogen-bond donors (Lipinski definition) is 1. The van der Waals surface area contributed by atoms with Crippen LogP contribution in [0.3, 0.4) is 0 Å². The highest BCUT2D eigenvalue weighted by molar-refractivity contribution is 5.94. The number of para-hydroxylation sites is 2. The maximum absolute atomic E-state index is 12.4. The number of benzene rings is 3. The van der Waals surface area contributed by atoms with Crippen molar-refractivity contribution in [1.29, 1.82) is 0 Å². The molecule has 0 unspecified atom stereocenters. The number of aromatic nitrogens is 2. The lowest BCUT2D eigenvalue weighted by Crippen LogP contribution is -2.26. The van der Waals surface area contributed by atoms with Crippen LogP contribution in [-0.4, -0.2) is 22.0 Å². The summed E-state index contributed by atoms with van der Waals surface area (Å²) in [5, 5.41) is 3.03. The van der Waals surface area contributed by atoms with Gasteiger partial charge in [-0.3, -0.25) is 4.79 Å². The van der Waals surface area contributed by atoms with E-state index in [1.807, 2.05) is 37.3 Å². The Bertz CT molecular complexity index is 1110. The van der Waals surface area contributed by atoms with Crippen LogP contribution >= 0.6 is 0 Å². The molecule has 1 amide bonds. The van der Waals surface area contributed by atoms with E-state index < -0.39 is 0 Å². The molecule has 0 aliphatic carbocycles. The molecule has 3 aromatic carbocycles. The molecule has 0 fully saturated rings. The van der Waals surface area contributed by atoms with Crippen LogP contribution in [0.15, 0.2) is 78.9 Å². The molecule has 30 heavy (non-hydrogen) atoms. The van der Waals surface area contributed by atoms with Crippen molar-refractivity contribution in [2.45, 2.75) is 32.7 Å². The van der Waals surface area contributed by atoms with E-state index in [0.29, 0.717) is 18.5 Å². The topological polar surface area (TPSA) is 46.9 Å². The number of aryl methyl sites for hydroxylation is 3. The Balaban J connectivity index is 1.41. The van der Waals surface area contributed by atoms with Crippen LogP contribution in [0, 0.1) is 6.92 Å². The molecule has 0 aliphatic rings. The standard InChI is InChI=1S/C26H27N3O/c1-20-13-15-22(16-14-20)26(30)27-18-17-25-28-23-11-5-6-12-24(23)29(25)19-7-10-21-8-3-2-4-9-21/h2-6,8-9,11-16H,7,10,17-19H2,1H3,(H,27,30). The minimum atomic E-state index is -0.0401. The summed E-state index contributed by atoms with van der Waals surface area (Å²) in [7, 11) is 0. The molecule has 1 aromatic heterocycles. The van der Waals surface area contributed by atoms with Crippen LogP contribution in [0.2, 0.25) is 0 Å². The Morgan fingerprint density at radius 2 is 1.63 bits per heavy atom. The van der Waals surface area contributed by atoms with Crippen molar-refractivity contribution >= 4 is 16.9 Å². The average Bonchev–Trinajstić information content (AvgIpc) is 3.12. The second kappa shape index (κ2) is 9.40. The number of fused-ring (bicyclic) bond motifs is 1. The fourth-order valence-electron chi connectivity index (χ4n) is 3.75. The van der Waals surface area contributed by atoms with Gasteiger partial charge in [0.05, 0.1) is 11.0 Å². The van der Waals surface area contributed by atoms with Gasteiger partial charge in [-0.15, -0.1) is 0 Å². The number of nitrogens with zero attached hydrogens (tertiary/aromatic N) is 2. The first kappa shape index (κ1) is 19.9. The highest BCUT2D eigenvalue weighted by Crippen LogP contribution is 2.18. The quantitative estimate of drug-likeness (QED) is 0.457. The molecule has 0 saturated heterocycles. The molecule has 4 nitrogen and oxygen atoms in total. The van der Waals surface area contributed by atoms with E-state index in [-0.39, 0.29) is 5.91 Å². The molecule has 1 N–H and O–H groups in total. The summed E-state index contributed by atoms with van der Waals surface area (Å²) in [6.07, 6.45) is 2.79. The van der Waals surface area contributed by atoms with E-state index >= 15 is 0 Å². The molecule has 0 bridgehead atoms. The molecule has 4 heteroatoms. The SMILES string of the molecule is Cc1ccc(C(=O)NCCc2nc3ccccc3n2CCCc2ccccc2)cc1. The molecule has 0 atom stereocenters. The highest BCUT2D eigenvalue weighted by atomic mass is 16.1. The lowest BCUT2D eigenvalue weighted by atomic mass is 10.1. The monoisotopic (exact) mass is 397 g/mol. The Hall–Kier alpha value is -3.40. The van der Waals surface area contributed by atoms with Gasteiger partial charge in [-0.05, 0) is 49.6 Å². The first-order valence-electron chi connectivity index (χ1n) is 10.5. The maximum atomic E-state index is 12.4. The molecular weight excluding hydrogens is 370 g/mol. The van der Waals surface area contributed by atoms with Gasteiger partial charge in [0.15, 0.2) is 0 Å². The number of carbonyl (C=O) groups excluding carboxylic acids is 1. The fourth-order valence-corrected chi connectivity index (χ4v) is 3.75. The van der Waals surface area contributed by atoms with Crippen molar-refractivity contribution in [2.24, 2.45) is 0 Å². The predicted octanol–water partition coefficient (Wildman–Crippen LogP) is 4.95. The van der Waals surface area contributed by atoms with E-state index in [0.717, 1.165) is 41.8 Å². The molecule has 4 aromatic rings. The fraction of sp³-hybridized carbons (Fsp3) is 0.231. The van der Waals surface area contributed by atoms with Gasteiger partial charge < -0.3 is 9.88 Å². The molecule has 0 spiro atoms. The number of rotatable bonds is 8. The van der Waals surface area contributed by atoms with Crippen LogP contribution in [0.4, 0.5) is 0 Å². The number of carbonyl (C=O) groups is 1. The zero-order valence-electron chi connectivity index (χ0n) is 17.3. The summed E-state index contributed by atoms with van der Waals surface area (Å²) in [5.41, 5.74) is 5.36. The summed E-state index contributed by atoms with van der Waals surface area (Å²) in [5.74, 6) is 0.982. The molecule has 0 saturated carbocycles. The van der Waals surface area contributed by atoms with E-state index in [4.69, 9.17) is 4.98 Å².